The number of carbonyl (C=O) groups excluding carboxylic acids is 1. The van der Waals surface area contributed by atoms with Gasteiger partial charge in [0, 0.05) is 63.5 Å². The van der Waals surface area contributed by atoms with Crippen LogP contribution >= 0.6 is 0 Å². The van der Waals surface area contributed by atoms with Crippen molar-refractivity contribution in [3.05, 3.63) is 42.5 Å². The molecule has 1 aliphatic rings. The molecular weight excluding hydrogens is 410 g/mol. The molecule has 8 heteroatoms. The summed E-state index contributed by atoms with van der Waals surface area (Å²) in [6.07, 6.45) is 0.424. The molecule has 0 saturated carbocycles. The van der Waals surface area contributed by atoms with Gasteiger partial charge < -0.3 is 29.2 Å². The number of piperazine rings is 1. The molecule has 1 heterocycles. The largest absolute Gasteiger partial charge is 0.493 e. The number of anilines is 1. The number of hydrogen-bond acceptors (Lipinski definition) is 7. The molecule has 1 aliphatic heterocycles. The Balaban J connectivity index is 1.38. The van der Waals surface area contributed by atoms with E-state index in [0.29, 0.717) is 36.0 Å². The molecule has 1 N–H and O–H groups in total. The summed E-state index contributed by atoms with van der Waals surface area (Å²) < 4.78 is 21.8. The second-order valence-corrected chi connectivity index (χ2v) is 7.56. The Morgan fingerprint density at radius 1 is 0.875 bits per heavy atom. The number of nitrogens with one attached hydrogen (secondary N) is 1. The van der Waals surface area contributed by atoms with Crippen molar-refractivity contribution in [2.45, 2.75) is 6.42 Å². The van der Waals surface area contributed by atoms with Gasteiger partial charge in [-0.25, -0.2) is 0 Å². The number of para-hydroxylation sites is 1. The summed E-state index contributed by atoms with van der Waals surface area (Å²) in [7, 11) is 4.65. The SMILES string of the molecule is COc1cc(NC(=O)CCN2CCN(CCOc3ccccc3)CC2)cc(OC)c1OC. The first-order chi connectivity index (χ1) is 15.6. The van der Waals surface area contributed by atoms with Crippen molar-refractivity contribution >= 4 is 11.6 Å². The summed E-state index contributed by atoms with van der Waals surface area (Å²) in [6, 6.07) is 13.3. The van der Waals surface area contributed by atoms with Crippen LogP contribution < -0.4 is 24.3 Å². The molecule has 32 heavy (non-hydrogen) atoms. The lowest BCUT2D eigenvalue weighted by Crippen LogP contribution is -2.48. The third kappa shape index (κ3) is 6.77. The minimum atomic E-state index is -0.0436. The van der Waals surface area contributed by atoms with Gasteiger partial charge >= 0.3 is 0 Å². The van der Waals surface area contributed by atoms with E-state index in [9.17, 15) is 4.79 Å². The van der Waals surface area contributed by atoms with Crippen molar-refractivity contribution in [2.75, 3.05) is 72.5 Å². The fourth-order valence-corrected chi connectivity index (χ4v) is 3.68. The number of rotatable bonds is 11. The van der Waals surface area contributed by atoms with Crippen LogP contribution in [-0.4, -0.2) is 82.9 Å². The number of methoxy groups -OCH3 is 3. The van der Waals surface area contributed by atoms with Gasteiger partial charge in [0.05, 0.1) is 21.3 Å². The Bertz CT molecular complexity index is 829. The summed E-state index contributed by atoms with van der Waals surface area (Å²) in [5, 5.41) is 2.93. The van der Waals surface area contributed by atoms with E-state index >= 15 is 0 Å². The van der Waals surface area contributed by atoms with Gasteiger partial charge in [-0.1, -0.05) is 18.2 Å². The van der Waals surface area contributed by atoms with Crippen LogP contribution in [0.4, 0.5) is 5.69 Å². The third-order valence-electron chi connectivity index (χ3n) is 5.49. The third-order valence-corrected chi connectivity index (χ3v) is 5.49. The molecule has 0 spiro atoms. The van der Waals surface area contributed by atoms with E-state index in [1.807, 2.05) is 30.3 Å². The normalized spacial score (nSPS) is 14.6. The first-order valence-corrected chi connectivity index (χ1v) is 10.9. The highest BCUT2D eigenvalue weighted by Gasteiger charge is 2.18. The van der Waals surface area contributed by atoms with Crippen molar-refractivity contribution < 1.29 is 23.7 Å². The molecule has 0 aromatic heterocycles. The van der Waals surface area contributed by atoms with E-state index in [4.69, 9.17) is 18.9 Å². The van der Waals surface area contributed by atoms with Crippen LogP contribution in [0.5, 0.6) is 23.0 Å². The van der Waals surface area contributed by atoms with E-state index in [1.165, 1.54) is 0 Å². The Labute approximate surface area is 190 Å². The first-order valence-electron chi connectivity index (χ1n) is 10.9. The number of carbonyl (C=O) groups is 1. The molecule has 2 aromatic carbocycles. The topological polar surface area (TPSA) is 72.5 Å². The maximum absolute atomic E-state index is 12.5. The average Bonchev–Trinajstić information content (AvgIpc) is 2.83. The van der Waals surface area contributed by atoms with Crippen molar-refractivity contribution in [2.24, 2.45) is 0 Å². The fraction of sp³-hybridized carbons (Fsp3) is 0.458. The zero-order valence-electron chi connectivity index (χ0n) is 19.1. The summed E-state index contributed by atoms with van der Waals surface area (Å²) in [4.78, 5) is 17.2. The molecule has 3 rings (SSSR count). The minimum absolute atomic E-state index is 0.0436. The van der Waals surface area contributed by atoms with Crippen molar-refractivity contribution in [1.29, 1.82) is 0 Å². The molecule has 8 nitrogen and oxygen atoms in total. The van der Waals surface area contributed by atoms with Crippen LogP contribution in [0.1, 0.15) is 6.42 Å². The molecule has 1 saturated heterocycles. The van der Waals surface area contributed by atoms with Gasteiger partial charge in [-0.15, -0.1) is 0 Å². The van der Waals surface area contributed by atoms with Gasteiger partial charge in [0.15, 0.2) is 11.5 Å². The molecule has 1 amide bonds. The van der Waals surface area contributed by atoms with Gasteiger partial charge in [-0.3, -0.25) is 9.69 Å². The zero-order valence-corrected chi connectivity index (χ0v) is 19.1. The summed E-state index contributed by atoms with van der Waals surface area (Å²) >= 11 is 0. The van der Waals surface area contributed by atoms with Crippen LogP contribution in [0.25, 0.3) is 0 Å². The van der Waals surface area contributed by atoms with Crippen LogP contribution in [-0.2, 0) is 4.79 Å². The Morgan fingerprint density at radius 3 is 2.03 bits per heavy atom. The fourth-order valence-electron chi connectivity index (χ4n) is 3.68. The number of amides is 1. The number of hydrogen-bond donors (Lipinski definition) is 1. The van der Waals surface area contributed by atoms with Crippen LogP contribution in [0.15, 0.2) is 42.5 Å². The van der Waals surface area contributed by atoms with Crippen LogP contribution in [0, 0.1) is 0 Å². The van der Waals surface area contributed by atoms with E-state index in [0.717, 1.165) is 45.0 Å². The molecule has 0 unspecified atom stereocenters. The Kier molecular flexibility index (Phi) is 9.01. The maximum atomic E-state index is 12.5. The smallest absolute Gasteiger partial charge is 0.225 e. The van der Waals surface area contributed by atoms with E-state index in [2.05, 4.69) is 15.1 Å². The van der Waals surface area contributed by atoms with Gasteiger partial charge in [0.1, 0.15) is 12.4 Å². The molecule has 2 aromatic rings. The molecule has 0 bridgehead atoms. The summed E-state index contributed by atoms with van der Waals surface area (Å²) in [5.41, 5.74) is 0.618. The van der Waals surface area contributed by atoms with Crippen LogP contribution in [0.3, 0.4) is 0 Å². The predicted octanol–water partition coefficient (Wildman–Crippen LogP) is 2.74. The molecule has 0 atom stereocenters. The minimum Gasteiger partial charge on any atom is -0.493 e. The summed E-state index contributed by atoms with van der Waals surface area (Å²) in [6.45, 7) is 6.17. The molecular formula is C24H33N3O5. The second-order valence-electron chi connectivity index (χ2n) is 7.56. The zero-order chi connectivity index (χ0) is 22.8. The van der Waals surface area contributed by atoms with E-state index in [1.54, 1.807) is 33.5 Å². The summed E-state index contributed by atoms with van der Waals surface area (Å²) in [5.74, 6) is 2.38. The highest BCUT2D eigenvalue weighted by molar-refractivity contribution is 5.91. The number of ether oxygens (including phenoxy) is 4. The number of nitrogens with zero attached hydrogens (tertiary/aromatic N) is 2. The van der Waals surface area contributed by atoms with Crippen molar-refractivity contribution in [1.82, 2.24) is 9.80 Å². The Morgan fingerprint density at radius 2 is 1.47 bits per heavy atom. The van der Waals surface area contributed by atoms with Gasteiger partial charge in [-0.2, -0.15) is 0 Å². The lowest BCUT2D eigenvalue weighted by Gasteiger charge is -2.34. The van der Waals surface area contributed by atoms with Crippen molar-refractivity contribution in [3.8, 4) is 23.0 Å². The van der Waals surface area contributed by atoms with Crippen molar-refractivity contribution in [3.63, 3.8) is 0 Å². The molecule has 0 radical (unpaired) electrons. The Hall–Kier alpha value is -2.97. The van der Waals surface area contributed by atoms with E-state index in [-0.39, 0.29) is 5.91 Å². The number of benzene rings is 2. The van der Waals surface area contributed by atoms with Gasteiger partial charge in [-0.05, 0) is 12.1 Å². The highest BCUT2D eigenvalue weighted by Crippen LogP contribution is 2.39. The molecule has 174 valence electrons. The highest BCUT2D eigenvalue weighted by atomic mass is 16.5. The average molecular weight is 444 g/mol. The lowest BCUT2D eigenvalue weighted by molar-refractivity contribution is -0.116. The monoisotopic (exact) mass is 443 g/mol. The standard InChI is InChI=1S/C24H33N3O5/c1-29-21-17-19(18-22(30-2)24(21)31-3)25-23(28)9-10-26-11-13-27(14-12-26)15-16-32-20-7-5-4-6-8-20/h4-8,17-18H,9-16H2,1-3H3,(H,25,28). The molecule has 1 fully saturated rings. The first kappa shape index (κ1) is 23.7. The lowest BCUT2D eigenvalue weighted by atomic mass is 10.2. The van der Waals surface area contributed by atoms with E-state index < -0.39 is 0 Å². The van der Waals surface area contributed by atoms with Gasteiger partial charge in [0.25, 0.3) is 0 Å². The van der Waals surface area contributed by atoms with Gasteiger partial charge in [0.2, 0.25) is 11.7 Å². The van der Waals surface area contributed by atoms with Crippen LogP contribution in [0.2, 0.25) is 0 Å². The maximum Gasteiger partial charge on any atom is 0.225 e. The second kappa shape index (κ2) is 12.2. The predicted molar refractivity (Wildman–Crippen MR) is 124 cm³/mol. The molecule has 0 aliphatic carbocycles. The quantitative estimate of drug-likeness (QED) is 0.573.